The second-order valence-electron chi connectivity index (χ2n) is 6.60. The Balaban J connectivity index is 1.46. The fourth-order valence-corrected chi connectivity index (χ4v) is 4.06. The molecule has 1 heterocycles. The van der Waals surface area contributed by atoms with Crippen molar-refractivity contribution in [2.45, 2.75) is 5.75 Å². The Morgan fingerprint density at radius 2 is 1.86 bits per heavy atom. The van der Waals surface area contributed by atoms with E-state index in [9.17, 15) is 19.3 Å². The molecule has 0 aromatic heterocycles. The number of hydrogen-bond donors (Lipinski definition) is 0. The van der Waals surface area contributed by atoms with Crippen molar-refractivity contribution in [3.63, 3.8) is 0 Å². The molecule has 0 saturated carbocycles. The molecule has 1 aliphatic rings. The van der Waals surface area contributed by atoms with Crippen LogP contribution in [0.3, 0.4) is 0 Å². The highest BCUT2D eigenvalue weighted by Gasteiger charge is 2.21. The molecule has 1 amide bonds. The molecule has 154 valence electrons. The van der Waals surface area contributed by atoms with E-state index in [0.29, 0.717) is 37.7 Å². The summed E-state index contributed by atoms with van der Waals surface area (Å²) in [5.41, 5.74) is 1.65. The summed E-state index contributed by atoms with van der Waals surface area (Å²) in [4.78, 5) is 27.0. The van der Waals surface area contributed by atoms with Gasteiger partial charge in [-0.3, -0.25) is 14.9 Å². The van der Waals surface area contributed by atoms with E-state index >= 15 is 0 Å². The van der Waals surface area contributed by atoms with Crippen LogP contribution in [-0.4, -0.2) is 54.8 Å². The number of nitro groups is 1. The maximum Gasteiger partial charge on any atom is 0.311 e. The number of carbonyl (C=O) groups is 1. The SMILES string of the molecule is COc1ccc(CSCC(=O)N2CCN(c3ccc(F)cc3)CC2)cc1[N+](=O)[O-]. The smallest absolute Gasteiger partial charge is 0.311 e. The van der Waals surface area contributed by atoms with Gasteiger partial charge in [-0.2, -0.15) is 0 Å². The highest BCUT2D eigenvalue weighted by molar-refractivity contribution is 7.99. The Morgan fingerprint density at radius 3 is 2.48 bits per heavy atom. The molecule has 1 aliphatic heterocycles. The Bertz CT molecular complexity index is 871. The first-order valence-corrected chi connectivity index (χ1v) is 10.3. The molecule has 0 N–H and O–H groups in total. The number of methoxy groups -OCH3 is 1. The molecule has 0 bridgehead atoms. The molecular weight excluding hydrogens is 397 g/mol. The van der Waals surface area contributed by atoms with Crippen LogP contribution in [0.4, 0.5) is 15.8 Å². The van der Waals surface area contributed by atoms with Crippen molar-refractivity contribution < 1.29 is 18.8 Å². The van der Waals surface area contributed by atoms with Crippen molar-refractivity contribution in [3.8, 4) is 5.75 Å². The van der Waals surface area contributed by atoms with Gasteiger partial charge in [-0.25, -0.2) is 4.39 Å². The first-order chi connectivity index (χ1) is 14.0. The van der Waals surface area contributed by atoms with Crippen molar-refractivity contribution in [1.29, 1.82) is 0 Å². The number of amides is 1. The Morgan fingerprint density at radius 1 is 1.17 bits per heavy atom. The van der Waals surface area contributed by atoms with Crippen molar-refractivity contribution in [3.05, 3.63) is 64.0 Å². The standard InChI is InChI=1S/C20H22FN3O4S/c1-28-19-7-2-15(12-18(19)24(26)27)13-29-14-20(25)23-10-8-22(9-11-23)17-5-3-16(21)4-6-17/h2-7,12H,8-11,13-14H2,1H3. The number of halogens is 1. The lowest BCUT2D eigenvalue weighted by molar-refractivity contribution is -0.385. The van der Waals surface area contributed by atoms with E-state index in [0.717, 1.165) is 11.3 Å². The zero-order valence-corrected chi connectivity index (χ0v) is 16.9. The molecule has 1 saturated heterocycles. The molecule has 0 radical (unpaired) electrons. The molecule has 29 heavy (non-hydrogen) atoms. The molecule has 1 fully saturated rings. The minimum absolute atomic E-state index is 0.0526. The summed E-state index contributed by atoms with van der Waals surface area (Å²) in [7, 11) is 1.39. The highest BCUT2D eigenvalue weighted by Crippen LogP contribution is 2.29. The molecule has 2 aromatic rings. The maximum atomic E-state index is 13.0. The second-order valence-corrected chi connectivity index (χ2v) is 7.59. The number of anilines is 1. The fraction of sp³-hybridized carbons (Fsp3) is 0.350. The maximum absolute atomic E-state index is 13.0. The quantitative estimate of drug-likeness (QED) is 0.506. The lowest BCUT2D eigenvalue weighted by Crippen LogP contribution is -2.49. The number of carbonyl (C=O) groups excluding carboxylic acids is 1. The number of thioether (sulfide) groups is 1. The molecule has 9 heteroatoms. The van der Waals surface area contributed by atoms with Crippen LogP contribution in [-0.2, 0) is 10.5 Å². The van der Waals surface area contributed by atoms with Crippen LogP contribution < -0.4 is 9.64 Å². The monoisotopic (exact) mass is 419 g/mol. The normalized spacial score (nSPS) is 14.0. The van der Waals surface area contributed by atoms with Gasteiger partial charge in [-0.05, 0) is 35.9 Å². The van der Waals surface area contributed by atoms with Crippen LogP contribution in [0.25, 0.3) is 0 Å². The Labute approximate surface area is 172 Å². The number of hydrogen-bond acceptors (Lipinski definition) is 6. The summed E-state index contributed by atoms with van der Waals surface area (Å²) >= 11 is 1.43. The van der Waals surface area contributed by atoms with Gasteiger partial charge in [0.25, 0.3) is 0 Å². The number of rotatable bonds is 7. The van der Waals surface area contributed by atoms with Gasteiger partial charge in [0, 0.05) is 43.7 Å². The minimum atomic E-state index is -0.473. The van der Waals surface area contributed by atoms with Crippen molar-refractivity contribution in [2.75, 3.05) is 43.9 Å². The first-order valence-electron chi connectivity index (χ1n) is 9.15. The van der Waals surface area contributed by atoms with Gasteiger partial charge < -0.3 is 14.5 Å². The largest absolute Gasteiger partial charge is 0.490 e. The average Bonchev–Trinajstić information content (AvgIpc) is 2.74. The van der Waals surface area contributed by atoms with E-state index in [4.69, 9.17) is 4.74 Å². The van der Waals surface area contributed by atoms with E-state index in [1.54, 1.807) is 24.3 Å². The van der Waals surface area contributed by atoms with Gasteiger partial charge in [0.2, 0.25) is 5.91 Å². The minimum Gasteiger partial charge on any atom is -0.490 e. The van der Waals surface area contributed by atoms with E-state index in [2.05, 4.69) is 4.90 Å². The molecule has 2 aromatic carbocycles. The number of ether oxygens (including phenoxy) is 1. The first kappa shape index (κ1) is 20.9. The van der Waals surface area contributed by atoms with Gasteiger partial charge in [0.05, 0.1) is 17.8 Å². The second kappa shape index (κ2) is 9.60. The molecule has 0 aliphatic carbocycles. The summed E-state index contributed by atoms with van der Waals surface area (Å²) in [6, 6.07) is 11.2. The van der Waals surface area contributed by atoms with Crippen LogP contribution in [0.15, 0.2) is 42.5 Å². The Hall–Kier alpha value is -2.81. The van der Waals surface area contributed by atoms with Crippen molar-refractivity contribution in [2.24, 2.45) is 0 Å². The van der Waals surface area contributed by atoms with Gasteiger partial charge in [0.15, 0.2) is 5.75 Å². The summed E-state index contributed by atoms with van der Waals surface area (Å²) in [5, 5.41) is 11.1. The number of piperazine rings is 1. The lowest BCUT2D eigenvalue weighted by Gasteiger charge is -2.36. The Kier molecular flexibility index (Phi) is 6.92. The van der Waals surface area contributed by atoms with E-state index in [1.807, 2.05) is 4.90 Å². The van der Waals surface area contributed by atoms with Crippen molar-refractivity contribution in [1.82, 2.24) is 4.90 Å². The van der Waals surface area contributed by atoms with E-state index in [1.165, 1.54) is 37.1 Å². The zero-order valence-electron chi connectivity index (χ0n) is 16.0. The number of benzene rings is 2. The lowest BCUT2D eigenvalue weighted by atomic mass is 10.2. The van der Waals surface area contributed by atoms with Crippen LogP contribution in [0, 0.1) is 15.9 Å². The van der Waals surface area contributed by atoms with Gasteiger partial charge >= 0.3 is 5.69 Å². The van der Waals surface area contributed by atoms with Crippen LogP contribution in [0.1, 0.15) is 5.56 Å². The predicted molar refractivity (Wildman–Crippen MR) is 111 cm³/mol. The van der Waals surface area contributed by atoms with Gasteiger partial charge in [-0.15, -0.1) is 11.8 Å². The molecule has 0 unspecified atom stereocenters. The fourth-order valence-electron chi connectivity index (χ4n) is 3.18. The van der Waals surface area contributed by atoms with Crippen molar-refractivity contribution >= 4 is 29.0 Å². The third-order valence-corrected chi connectivity index (χ3v) is 5.75. The number of nitro benzene ring substituents is 1. The zero-order chi connectivity index (χ0) is 20.8. The van der Waals surface area contributed by atoms with Crippen LogP contribution in [0.2, 0.25) is 0 Å². The third-order valence-electron chi connectivity index (χ3n) is 4.76. The predicted octanol–water partition coefficient (Wildman–Crippen LogP) is 3.32. The summed E-state index contributed by atoms with van der Waals surface area (Å²) in [5.74, 6) is 0.833. The summed E-state index contributed by atoms with van der Waals surface area (Å²) in [6.45, 7) is 2.63. The molecule has 0 atom stereocenters. The molecule has 0 spiro atoms. The van der Waals surface area contributed by atoms with Crippen LogP contribution >= 0.6 is 11.8 Å². The summed E-state index contributed by atoms with van der Waals surface area (Å²) in [6.07, 6.45) is 0. The number of nitrogens with zero attached hydrogens (tertiary/aromatic N) is 3. The van der Waals surface area contributed by atoms with E-state index < -0.39 is 4.92 Å². The van der Waals surface area contributed by atoms with Gasteiger partial charge in [0.1, 0.15) is 5.82 Å². The van der Waals surface area contributed by atoms with Crippen LogP contribution in [0.5, 0.6) is 5.75 Å². The molecule has 7 nitrogen and oxygen atoms in total. The van der Waals surface area contributed by atoms with Gasteiger partial charge in [-0.1, -0.05) is 6.07 Å². The third kappa shape index (κ3) is 5.38. The molecular formula is C20H22FN3O4S. The topological polar surface area (TPSA) is 75.9 Å². The summed E-state index contributed by atoms with van der Waals surface area (Å²) < 4.78 is 18.0. The molecule has 3 rings (SSSR count). The highest BCUT2D eigenvalue weighted by atomic mass is 32.2. The average molecular weight is 419 g/mol. The van der Waals surface area contributed by atoms with E-state index in [-0.39, 0.29) is 23.2 Å².